The molecule has 1 saturated carbocycles. The summed E-state index contributed by atoms with van der Waals surface area (Å²) >= 11 is 0. The molecule has 5 heteroatoms. The van der Waals surface area contributed by atoms with Gasteiger partial charge in [0, 0.05) is 19.3 Å². The van der Waals surface area contributed by atoms with E-state index in [-0.39, 0.29) is 17.6 Å². The second-order valence-corrected chi connectivity index (χ2v) is 6.17. The second-order valence-electron chi connectivity index (χ2n) is 6.17. The third-order valence-electron chi connectivity index (χ3n) is 4.56. The Morgan fingerprint density at radius 2 is 2.20 bits per heavy atom. The van der Waals surface area contributed by atoms with Crippen LogP contribution in [0.25, 0.3) is 0 Å². The lowest BCUT2D eigenvalue weighted by atomic mass is 9.99. The van der Waals surface area contributed by atoms with E-state index in [4.69, 9.17) is 4.74 Å². The minimum Gasteiger partial charge on any atom is -0.371 e. The predicted molar refractivity (Wildman–Crippen MR) is 75.4 cm³/mol. The van der Waals surface area contributed by atoms with Crippen molar-refractivity contribution < 1.29 is 9.53 Å². The number of amides is 1. The lowest BCUT2D eigenvalue weighted by Crippen LogP contribution is -2.53. The van der Waals surface area contributed by atoms with Crippen LogP contribution >= 0.6 is 0 Å². The molecule has 0 N–H and O–H groups in total. The molecule has 1 aliphatic heterocycles. The van der Waals surface area contributed by atoms with Crippen LogP contribution in [-0.4, -0.2) is 45.9 Å². The van der Waals surface area contributed by atoms with Crippen molar-refractivity contribution in [1.82, 2.24) is 14.7 Å². The Bertz CT molecular complexity index is 491. The zero-order valence-electron chi connectivity index (χ0n) is 12.3. The van der Waals surface area contributed by atoms with Crippen molar-refractivity contribution in [1.29, 1.82) is 0 Å². The van der Waals surface area contributed by atoms with E-state index in [1.165, 1.54) is 12.8 Å². The topological polar surface area (TPSA) is 47.4 Å². The average molecular weight is 277 g/mol. The molecule has 0 radical (unpaired) electrons. The van der Waals surface area contributed by atoms with Crippen LogP contribution in [0.3, 0.4) is 0 Å². The second kappa shape index (κ2) is 5.20. The van der Waals surface area contributed by atoms with Gasteiger partial charge in [0.2, 0.25) is 5.91 Å². The van der Waals surface area contributed by atoms with Gasteiger partial charge in [0.1, 0.15) is 6.04 Å². The van der Waals surface area contributed by atoms with Crippen LogP contribution < -0.4 is 0 Å². The molecular weight excluding hydrogens is 254 g/mol. The van der Waals surface area contributed by atoms with Gasteiger partial charge in [0.05, 0.1) is 18.4 Å². The molecular formula is C15H23N3O2. The molecule has 1 amide bonds. The highest BCUT2D eigenvalue weighted by Gasteiger charge is 2.41. The van der Waals surface area contributed by atoms with Crippen LogP contribution in [0.15, 0.2) is 12.4 Å². The third kappa shape index (κ3) is 2.46. The fourth-order valence-electron chi connectivity index (χ4n) is 3.38. The largest absolute Gasteiger partial charge is 0.371 e. The smallest absolute Gasteiger partial charge is 0.247 e. The van der Waals surface area contributed by atoms with Gasteiger partial charge in [-0.3, -0.25) is 9.48 Å². The van der Waals surface area contributed by atoms with Crippen LogP contribution in [-0.2, 0) is 9.53 Å². The van der Waals surface area contributed by atoms with Gasteiger partial charge in [-0.15, -0.1) is 0 Å². The van der Waals surface area contributed by atoms with Crippen molar-refractivity contribution in [2.45, 2.75) is 51.2 Å². The lowest BCUT2D eigenvalue weighted by molar-refractivity contribution is -0.152. The number of morpholine rings is 1. The zero-order chi connectivity index (χ0) is 14.2. The summed E-state index contributed by atoms with van der Waals surface area (Å²) in [6.45, 7) is 6.02. The number of aryl methyl sites for hydroxylation is 1. The number of ether oxygens (including phenoxy) is 1. The normalized spacial score (nSPS) is 23.2. The van der Waals surface area contributed by atoms with Crippen molar-refractivity contribution in [3.63, 3.8) is 0 Å². The van der Waals surface area contributed by atoms with Crippen molar-refractivity contribution in [2.24, 2.45) is 0 Å². The molecule has 1 aromatic heterocycles. The minimum absolute atomic E-state index is 0.0618. The summed E-state index contributed by atoms with van der Waals surface area (Å²) in [4.78, 5) is 14.6. The van der Waals surface area contributed by atoms with Gasteiger partial charge in [-0.25, -0.2) is 0 Å². The molecule has 3 rings (SSSR count). The average Bonchev–Trinajstić information content (AvgIpc) is 3.07. The molecule has 1 atom stereocenters. The van der Waals surface area contributed by atoms with Gasteiger partial charge in [-0.1, -0.05) is 12.8 Å². The highest BCUT2D eigenvalue weighted by atomic mass is 16.5. The molecule has 0 aromatic carbocycles. The van der Waals surface area contributed by atoms with E-state index in [1.54, 1.807) is 10.9 Å². The molecule has 0 unspecified atom stereocenters. The van der Waals surface area contributed by atoms with E-state index in [0.29, 0.717) is 13.2 Å². The number of carbonyl (C=O) groups excluding carboxylic acids is 1. The highest BCUT2D eigenvalue weighted by molar-refractivity contribution is 5.80. The van der Waals surface area contributed by atoms with Gasteiger partial charge in [0.25, 0.3) is 0 Å². The SMILES string of the molecule is Cc1cnn([C@H](C)C(=O)N2CCOC3(CCCC3)C2)c1. The standard InChI is InChI=1S/C15H23N3O2/c1-12-9-16-18(10-12)13(2)14(19)17-7-8-20-15(11-17)5-3-4-6-15/h9-10,13H,3-8,11H2,1-2H3/t13-/m1/s1. The Balaban J connectivity index is 1.70. The van der Waals surface area contributed by atoms with Crippen LogP contribution in [0.2, 0.25) is 0 Å². The van der Waals surface area contributed by atoms with Gasteiger partial charge < -0.3 is 9.64 Å². The summed E-state index contributed by atoms with van der Waals surface area (Å²) < 4.78 is 7.74. The molecule has 110 valence electrons. The van der Waals surface area contributed by atoms with Crippen molar-refractivity contribution >= 4 is 5.91 Å². The van der Waals surface area contributed by atoms with Gasteiger partial charge in [-0.05, 0) is 32.3 Å². The molecule has 0 bridgehead atoms. The summed E-state index contributed by atoms with van der Waals surface area (Å²) in [6, 6.07) is -0.236. The maximum Gasteiger partial charge on any atom is 0.247 e. The highest BCUT2D eigenvalue weighted by Crippen LogP contribution is 2.36. The van der Waals surface area contributed by atoms with Crippen LogP contribution in [0.1, 0.15) is 44.2 Å². The number of nitrogens with zero attached hydrogens (tertiary/aromatic N) is 3. The fourth-order valence-corrected chi connectivity index (χ4v) is 3.38. The Labute approximate surface area is 119 Å². The third-order valence-corrected chi connectivity index (χ3v) is 4.56. The molecule has 2 heterocycles. The quantitative estimate of drug-likeness (QED) is 0.830. The Morgan fingerprint density at radius 1 is 1.45 bits per heavy atom. The van der Waals surface area contributed by atoms with Crippen LogP contribution in [0.4, 0.5) is 0 Å². The van der Waals surface area contributed by atoms with E-state index in [2.05, 4.69) is 5.10 Å². The first-order valence-electron chi connectivity index (χ1n) is 7.53. The predicted octanol–water partition coefficient (Wildman–Crippen LogP) is 1.92. The number of hydrogen-bond donors (Lipinski definition) is 0. The van der Waals surface area contributed by atoms with E-state index >= 15 is 0 Å². The molecule has 5 nitrogen and oxygen atoms in total. The number of rotatable bonds is 2. The summed E-state index contributed by atoms with van der Waals surface area (Å²) in [6.07, 6.45) is 8.33. The molecule has 1 saturated heterocycles. The number of carbonyl (C=O) groups is 1. The van der Waals surface area contributed by atoms with Gasteiger partial charge in [-0.2, -0.15) is 5.10 Å². The van der Waals surface area contributed by atoms with Crippen LogP contribution in [0, 0.1) is 6.92 Å². The maximum atomic E-state index is 12.7. The van der Waals surface area contributed by atoms with Crippen molar-refractivity contribution in [3.05, 3.63) is 18.0 Å². The van der Waals surface area contributed by atoms with E-state index < -0.39 is 0 Å². The molecule has 1 aliphatic carbocycles. The van der Waals surface area contributed by atoms with Crippen molar-refractivity contribution in [2.75, 3.05) is 19.7 Å². The molecule has 1 spiro atoms. The first kappa shape index (κ1) is 13.6. The van der Waals surface area contributed by atoms with Gasteiger partial charge in [0.15, 0.2) is 0 Å². The van der Waals surface area contributed by atoms with Gasteiger partial charge >= 0.3 is 0 Å². The Morgan fingerprint density at radius 3 is 2.85 bits per heavy atom. The molecule has 1 aromatic rings. The fraction of sp³-hybridized carbons (Fsp3) is 0.733. The van der Waals surface area contributed by atoms with Crippen LogP contribution in [0.5, 0.6) is 0 Å². The molecule has 2 aliphatic rings. The molecule has 20 heavy (non-hydrogen) atoms. The van der Waals surface area contributed by atoms with E-state index in [9.17, 15) is 4.79 Å². The summed E-state index contributed by atoms with van der Waals surface area (Å²) in [5.41, 5.74) is 1.02. The summed E-state index contributed by atoms with van der Waals surface area (Å²) in [5, 5.41) is 4.26. The minimum atomic E-state index is -0.236. The Kier molecular flexibility index (Phi) is 3.54. The van der Waals surface area contributed by atoms with E-state index in [0.717, 1.165) is 24.9 Å². The maximum absolute atomic E-state index is 12.7. The lowest BCUT2D eigenvalue weighted by Gasteiger charge is -2.41. The first-order valence-corrected chi connectivity index (χ1v) is 7.53. The van der Waals surface area contributed by atoms with E-state index in [1.807, 2.05) is 24.9 Å². The summed E-state index contributed by atoms with van der Waals surface area (Å²) in [7, 11) is 0. The monoisotopic (exact) mass is 277 g/mol. The summed E-state index contributed by atoms with van der Waals surface area (Å²) in [5.74, 6) is 0.155. The first-order chi connectivity index (χ1) is 9.60. The van der Waals surface area contributed by atoms with Crippen molar-refractivity contribution in [3.8, 4) is 0 Å². The Hall–Kier alpha value is -1.36. The zero-order valence-corrected chi connectivity index (χ0v) is 12.3. The number of aromatic nitrogens is 2. The number of hydrogen-bond acceptors (Lipinski definition) is 3. The molecule has 2 fully saturated rings.